The van der Waals surface area contributed by atoms with Crippen molar-refractivity contribution in [3.8, 4) is 5.88 Å². The summed E-state index contributed by atoms with van der Waals surface area (Å²) in [4.78, 5) is 17.5. The van der Waals surface area contributed by atoms with Gasteiger partial charge in [0.05, 0.1) is 12.9 Å². The molecule has 0 aliphatic rings. The summed E-state index contributed by atoms with van der Waals surface area (Å²) in [6, 6.07) is 10.2. The minimum Gasteiger partial charge on any atom is -0.476 e. The number of nitrogens with two attached hydrogens (primary N) is 1. The first kappa shape index (κ1) is 14.1. The van der Waals surface area contributed by atoms with Crippen molar-refractivity contribution >= 4 is 5.69 Å². The number of nitrogens with one attached hydrogen (secondary N) is 2. The van der Waals surface area contributed by atoms with E-state index in [0.29, 0.717) is 6.61 Å². The number of hydrogen-bond donors (Lipinski definition) is 3. The van der Waals surface area contributed by atoms with Crippen LogP contribution >= 0.6 is 0 Å². The average Bonchev–Trinajstić information content (AvgIpc) is 2.48. The number of nitrogen functional groups attached to an aromatic ring is 1. The highest BCUT2D eigenvalue weighted by Gasteiger charge is 2.04. The van der Waals surface area contributed by atoms with Gasteiger partial charge in [-0.15, -0.1) is 0 Å². The van der Waals surface area contributed by atoms with Crippen LogP contribution in [0.1, 0.15) is 12.0 Å². The van der Waals surface area contributed by atoms with E-state index in [1.807, 2.05) is 18.2 Å². The molecule has 1 heterocycles. The van der Waals surface area contributed by atoms with E-state index < -0.39 is 0 Å². The molecule has 0 amide bonds. The Morgan fingerprint density at radius 1 is 1.30 bits per heavy atom. The molecule has 0 spiro atoms. The molecule has 6 heteroatoms. The lowest BCUT2D eigenvalue weighted by molar-refractivity contribution is 0.297. The molecule has 0 aliphatic carbocycles. The Balaban J connectivity index is 1.65. The fourth-order valence-corrected chi connectivity index (χ4v) is 1.70. The van der Waals surface area contributed by atoms with Crippen LogP contribution in [0.2, 0.25) is 0 Å². The second-order valence-electron chi connectivity index (χ2n) is 4.31. The molecule has 0 fully saturated rings. The minimum absolute atomic E-state index is 0.0183. The van der Waals surface area contributed by atoms with E-state index in [-0.39, 0.29) is 17.1 Å². The second-order valence-corrected chi connectivity index (χ2v) is 4.31. The zero-order valence-electron chi connectivity index (χ0n) is 11.1. The van der Waals surface area contributed by atoms with E-state index in [9.17, 15) is 4.79 Å². The zero-order valence-corrected chi connectivity index (χ0v) is 11.1. The molecule has 1 aromatic carbocycles. The van der Waals surface area contributed by atoms with Gasteiger partial charge in [0.2, 0.25) is 5.88 Å². The topological polar surface area (TPSA) is 93.0 Å². The standard InChI is InChI=1S/C14H18N4O2/c15-12-13(19)17-10-18-14(12)20-8-4-7-16-9-11-5-2-1-3-6-11/h1-3,5-6,10,16H,4,7-9,15H2,(H,17,18,19). The number of rotatable bonds is 7. The van der Waals surface area contributed by atoms with E-state index in [4.69, 9.17) is 10.5 Å². The Kier molecular flexibility index (Phi) is 5.14. The minimum atomic E-state index is -0.378. The number of aromatic nitrogens is 2. The molecule has 106 valence electrons. The number of benzene rings is 1. The van der Waals surface area contributed by atoms with Gasteiger partial charge in [-0.05, 0) is 18.5 Å². The lowest BCUT2D eigenvalue weighted by Crippen LogP contribution is -2.18. The summed E-state index contributed by atoms with van der Waals surface area (Å²) in [7, 11) is 0. The fraction of sp³-hybridized carbons (Fsp3) is 0.286. The van der Waals surface area contributed by atoms with E-state index in [1.165, 1.54) is 11.9 Å². The summed E-state index contributed by atoms with van der Waals surface area (Å²) >= 11 is 0. The van der Waals surface area contributed by atoms with Gasteiger partial charge in [0.15, 0.2) is 5.69 Å². The number of H-pyrrole nitrogens is 1. The molecule has 0 saturated heterocycles. The van der Waals surface area contributed by atoms with Crippen molar-refractivity contribution in [2.24, 2.45) is 0 Å². The van der Waals surface area contributed by atoms with Crippen LogP contribution in [-0.4, -0.2) is 23.1 Å². The lowest BCUT2D eigenvalue weighted by Gasteiger charge is -2.07. The highest BCUT2D eigenvalue weighted by atomic mass is 16.5. The van der Waals surface area contributed by atoms with Crippen LogP contribution in [0.15, 0.2) is 41.5 Å². The molecule has 0 radical (unpaired) electrons. The third kappa shape index (κ3) is 4.10. The summed E-state index contributed by atoms with van der Waals surface area (Å²) in [5.74, 6) is 0.191. The maximum atomic E-state index is 11.2. The molecular formula is C14H18N4O2. The molecule has 0 atom stereocenters. The first-order chi connectivity index (χ1) is 9.77. The van der Waals surface area contributed by atoms with Crippen molar-refractivity contribution in [2.75, 3.05) is 18.9 Å². The molecule has 1 aromatic heterocycles. The van der Waals surface area contributed by atoms with Crippen LogP contribution in [-0.2, 0) is 6.54 Å². The molecule has 2 rings (SSSR count). The first-order valence-electron chi connectivity index (χ1n) is 6.48. The normalized spacial score (nSPS) is 10.4. The Hall–Kier alpha value is -2.34. The second kappa shape index (κ2) is 7.30. The van der Waals surface area contributed by atoms with Crippen molar-refractivity contribution in [1.29, 1.82) is 0 Å². The van der Waals surface area contributed by atoms with Gasteiger partial charge in [0, 0.05) is 6.54 Å². The molecule has 4 N–H and O–H groups in total. The molecular weight excluding hydrogens is 256 g/mol. The summed E-state index contributed by atoms with van der Waals surface area (Å²) in [6.07, 6.45) is 2.09. The summed E-state index contributed by atoms with van der Waals surface area (Å²) in [5, 5.41) is 3.31. The van der Waals surface area contributed by atoms with Crippen LogP contribution in [0.4, 0.5) is 5.69 Å². The number of ether oxygens (including phenoxy) is 1. The Morgan fingerprint density at radius 2 is 2.10 bits per heavy atom. The van der Waals surface area contributed by atoms with Crippen LogP contribution in [0.5, 0.6) is 5.88 Å². The first-order valence-corrected chi connectivity index (χ1v) is 6.48. The molecule has 0 saturated carbocycles. The molecule has 0 bridgehead atoms. The Labute approximate surface area is 117 Å². The maximum absolute atomic E-state index is 11.2. The van der Waals surface area contributed by atoms with E-state index in [1.54, 1.807) is 0 Å². The summed E-state index contributed by atoms with van der Waals surface area (Å²) in [5.41, 5.74) is 6.44. The fourth-order valence-electron chi connectivity index (χ4n) is 1.70. The largest absolute Gasteiger partial charge is 0.476 e. The van der Waals surface area contributed by atoms with Crippen molar-refractivity contribution < 1.29 is 4.74 Å². The van der Waals surface area contributed by atoms with Crippen molar-refractivity contribution in [3.05, 3.63) is 52.6 Å². The van der Waals surface area contributed by atoms with E-state index in [2.05, 4.69) is 27.4 Å². The third-order valence-corrected chi connectivity index (χ3v) is 2.76. The van der Waals surface area contributed by atoms with Gasteiger partial charge in [-0.3, -0.25) is 4.79 Å². The predicted molar refractivity (Wildman–Crippen MR) is 77.5 cm³/mol. The summed E-state index contributed by atoms with van der Waals surface area (Å²) in [6.45, 7) is 2.10. The van der Waals surface area contributed by atoms with Crippen LogP contribution in [0.3, 0.4) is 0 Å². The highest BCUT2D eigenvalue weighted by molar-refractivity contribution is 5.44. The molecule has 6 nitrogen and oxygen atoms in total. The van der Waals surface area contributed by atoms with Crippen molar-refractivity contribution in [2.45, 2.75) is 13.0 Å². The lowest BCUT2D eigenvalue weighted by atomic mass is 10.2. The van der Waals surface area contributed by atoms with Gasteiger partial charge in [-0.25, -0.2) is 4.98 Å². The van der Waals surface area contributed by atoms with E-state index in [0.717, 1.165) is 19.5 Å². The van der Waals surface area contributed by atoms with E-state index >= 15 is 0 Å². The molecule has 0 aliphatic heterocycles. The number of nitrogens with zero attached hydrogens (tertiary/aromatic N) is 1. The van der Waals surface area contributed by atoms with Crippen LogP contribution in [0.25, 0.3) is 0 Å². The maximum Gasteiger partial charge on any atom is 0.277 e. The Bertz CT molecular complexity index is 583. The van der Waals surface area contributed by atoms with Gasteiger partial charge in [0.1, 0.15) is 0 Å². The molecule has 20 heavy (non-hydrogen) atoms. The van der Waals surface area contributed by atoms with Crippen molar-refractivity contribution in [1.82, 2.24) is 15.3 Å². The predicted octanol–water partition coefficient (Wildman–Crippen LogP) is 0.911. The Morgan fingerprint density at radius 3 is 2.90 bits per heavy atom. The monoisotopic (exact) mass is 274 g/mol. The quantitative estimate of drug-likeness (QED) is 0.653. The third-order valence-electron chi connectivity index (χ3n) is 2.76. The zero-order chi connectivity index (χ0) is 14.2. The summed E-state index contributed by atoms with van der Waals surface area (Å²) < 4.78 is 5.37. The number of anilines is 1. The highest BCUT2D eigenvalue weighted by Crippen LogP contribution is 2.10. The van der Waals surface area contributed by atoms with Crippen LogP contribution in [0, 0.1) is 0 Å². The van der Waals surface area contributed by atoms with Crippen molar-refractivity contribution in [3.63, 3.8) is 0 Å². The molecule has 2 aromatic rings. The van der Waals surface area contributed by atoms with Gasteiger partial charge < -0.3 is 20.8 Å². The van der Waals surface area contributed by atoms with Gasteiger partial charge in [-0.1, -0.05) is 30.3 Å². The smallest absolute Gasteiger partial charge is 0.277 e. The SMILES string of the molecule is Nc1c(OCCCNCc2ccccc2)nc[nH]c1=O. The van der Waals surface area contributed by atoms with Crippen LogP contribution < -0.4 is 21.3 Å². The number of aromatic amines is 1. The number of hydrogen-bond acceptors (Lipinski definition) is 5. The van der Waals surface area contributed by atoms with Gasteiger partial charge in [-0.2, -0.15) is 0 Å². The average molecular weight is 274 g/mol. The molecule has 0 unspecified atom stereocenters. The van der Waals surface area contributed by atoms with Gasteiger partial charge in [0.25, 0.3) is 5.56 Å². The van der Waals surface area contributed by atoms with Gasteiger partial charge >= 0.3 is 0 Å².